The first-order valence-electron chi connectivity index (χ1n) is 7.46. The monoisotopic (exact) mass is 267 g/mol. The fourth-order valence-electron chi connectivity index (χ4n) is 2.83. The van der Waals surface area contributed by atoms with Gasteiger partial charge in [0, 0.05) is 32.6 Å². The van der Waals surface area contributed by atoms with Gasteiger partial charge < -0.3 is 16.0 Å². The van der Waals surface area contributed by atoms with E-state index in [1.165, 1.54) is 19.3 Å². The first-order chi connectivity index (χ1) is 9.20. The molecule has 0 aromatic carbocycles. The molecule has 5 nitrogen and oxygen atoms in total. The van der Waals surface area contributed by atoms with Gasteiger partial charge in [-0.1, -0.05) is 6.42 Å². The lowest BCUT2D eigenvalue weighted by molar-refractivity contribution is -0.137. The Morgan fingerprint density at radius 1 is 1.21 bits per heavy atom. The Balaban J connectivity index is 1.78. The van der Waals surface area contributed by atoms with Crippen molar-refractivity contribution in [3.05, 3.63) is 0 Å². The van der Waals surface area contributed by atoms with Gasteiger partial charge in [0.2, 0.25) is 11.8 Å². The lowest BCUT2D eigenvalue weighted by Gasteiger charge is -2.34. The second-order valence-corrected chi connectivity index (χ2v) is 5.76. The SMILES string of the molecule is NCCNC(=O)C1CCCN(C(=O)CC2CCC2)C1. The van der Waals surface area contributed by atoms with E-state index in [-0.39, 0.29) is 17.7 Å². The number of piperidine rings is 1. The molecular formula is C14H25N3O2. The highest BCUT2D eigenvalue weighted by Crippen LogP contribution is 2.30. The minimum absolute atomic E-state index is 0.0478. The molecule has 0 bridgehead atoms. The van der Waals surface area contributed by atoms with E-state index in [9.17, 15) is 9.59 Å². The summed E-state index contributed by atoms with van der Waals surface area (Å²) in [5.41, 5.74) is 5.38. The van der Waals surface area contributed by atoms with E-state index in [4.69, 9.17) is 5.73 Å². The summed E-state index contributed by atoms with van der Waals surface area (Å²) >= 11 is 0. The summed E-state index contributed by atoms with van der Waals surface area (Å²) in [4.78, 5) is 26.0. The highest BCUT2D eigenvalue weighted by molar-refractivity contribution is 5.81. The molecule has 2 amide bonds. The van der Waals surface area contributed by atoms with E-state index >= 15 is 0 Å². The molecule has 1 heterocycles. The van der Waals surface area contributed by atoms with Crippen molar-refractivity contribution in [1.82, 2.24) is 10.2 Å². The number of carbonyl (C=O) groups excluding carboxylic acids is 2. The smallest absolute Gasteiger partial charge is 0.224 e. The highest BCUT2D eigenvalue weighted by atomic mass is 16.2. The van der Waals surface area contributed by atoms with Crippen LogP contribution < -0.4 is 11.1 Å². The second-order valence-electron chi connectivity index (χ2n) is 5.76. The van der Waals surface area contributed by atoms with Crippen LogP contribution in [0.1, 0.15) is 38.5 Å². The summed E-state index contributed by atoms with van der Waals surface area (Å²) < 4.78 is 0. The molecule has 0 aromatic rings. The number of likely N-dealkylation sites (tertiary alicyclic amines) is 1. The molecule has 0 aromatic heterocycles. The zero-order chi connectivity index (χ0) is 13.7. The van der Waals surface area contributed by atoms with Crippen LogP contribution in [0.3, 0.4) is 0 Å². The quantitative estimate of drug-likeness (QED) is 0.761. The Morgan fingerprint density at radius 2 is 2.00 bits per heavy atom. The summed E-state index contributed by atoms with van der Waals surface area (Å²) in [6.07, 6.45) is 6.14. The Morgan fingerprint density at radius 3 is 2.63 bits per heavy atom. The van der Waals surface area contributed by atoms with Gasteiger partial charge in [-0.05, 0) is 31.6 Å². The maximum Gasteiger partial charge on any atom is 0.224 e. The van der Waals surface area contributed by atoms with Crippen molar-refractivity contribution in [2.24, 2.45) is 17.6 Å². The van der Waals surface area contributed by atoms with Gasteiger partial charge in [0.15, 0.2) is 0 Å². The summed E-state index contributed by atoms with van der Waals surface area (Å²) in [7, 11) is 0. The lowest BCUT2D eigenvalue weighted by Crippen LogP contribution is -2.46. The van der Waals surface area contributed by atoms with Crippen LogP contribution in [-0.4, -0.2) is 42.9 Å². The predicted octanol–water partition coefficient (Wildman–Crippen LogP) is 0.490. The van der Waals surface area contributed by atoms with E-state index in [1.54, 1.807) is 0 Å². The second kappa shape index (κ2) is 6.89. The third-order valence-electron chi connectivity index (χ3n) is 4.28. The van der Waals surface area contributed by atoms with E-state index in [0.29, 0.717) is 32.0 Å². The number of rotatable bonds is 5. The maximum absolute atomic E-state index is 12.2. The van der Waals surface area contributed by atoms with Crippen molar-refractivity contribution in [3.8, 4) is 0 Å². The van der Waals surface area contributed by atoms with Crippen LogP contribution in [0.4, 0.5) is 0 Å². The Bertz CT molecular complexity index is 329. The molecule has 3 N–H and O–H groups in total. The Labute approximate surface area is 114 Å². The molecule has 1 saturated carbocycles. The number of nitrogens with zero attached hydrogens (tertiary/aromatic N) is 1. The number of hydrogen-bond donors (Lipinski definition) is 2. The van der Waals surface area contributed by atoms with Crippen molar-refractivity contribution < 1.29 is 9.59 Å². The fourth-order valence-corrected chi connectivity index (χ4v) is 2.83. The van der Waals surface area contributed by atoms with Crippen LogP contribution in [0.2, 0.25) is 0 Å². The minimum Gasteiger partial charge on any atom is -0.355 e. The predicted molar refractivity (Wildman–Crippen MR) is 73.3 cm³/mol. The molecule has 0 radical (unpaired) electrons. The van der Waals surface area contributed by atoms with Crippen molar-refractivity contribution >= 4 is 11.8 Å². The van der Waals surface area contributed by atoms with E-state index in [1.807, 2.05) is 4.90 Å². The Hall–Kier alpha value is -1.10. The average molecular weight is 267 g/mol. The van der Waals surface area contributed by atoms with Crippen LogP contribution in [0.25, 0.3) is 0 Å². The number of amides is 2. The van der Waals surface area contributed by atoms with E-state index in [2.05, 4.69) is 5.32 Å². The molecule has 19 heavy (non-hydrogen) atoms. The zero-order valence-electron chi connectivity index (χ0n) is 11.6. The van der Waals surface area contributed by atoms with Gasteiger partial charge in [-0.15, -0.1) is 0 Å². The highest BCUT2D eigenvalue weighted by Gasteiger charge is 2.30. The van der Waals surface area contributed by atoms with Crippen molar-refractivity contribution in [3.63, 3.8) is 0 Å². The number of nitrogens with two attached hydrogens (primary N) is 1. The first-order valence-corrected chi connectivity index (χ1v) is 7.46. The third-order valence-corrected chi connectivity index (χ3v) is 4.28. The number of nitrogens with one attached hydrogen (secondary N) is 1. The molecule has 1 saturated heterocycles. The van der Waals surface area contributed by atoms with Crippen LogP contribution in [0.5, 0.6) is 0 Å². The molecule has 2 rings (SSSR count). The lowest BCUT2D eigenvalue weighted by atomic mass is 9.82. The topological polar surface area (TPSA) is 75.4 Å². The van der Waals surface area contributed by atoms with Gasteiger partial charge in [-0.25, -0.2) is 0 Å². The van der Waals surface area contributed by atoms with E-state index in [0.717, 1.165) is 19.4 Å². The zero-order valence-corrected chi connectivity index (χ0v) is 11.6. The maximum atomic E-state index is 12.2. The summed E-state index contributed by atoms with van der Waals surface area (Å²) in [5.74, 6) is 0.831. The summed E-state index contributed by atoms with van der Waals surface area (Å²) in [5, 5.41) is 2.82. The molecule has 2 aliphatic rings. The molecule has 2 fully saturated rings. The van der Waals surface area contributed by atoms with Gasteiger partial charge in [0.1, 0.15) is 0 Å². The molecule has 5 heteroatoms. The molecule has 1 aliphatic carbocycles. The fraction of sp³-hybridized carbons (Fsp3) is 0.857. The van der Waals surface area contributed by atoms with E-state index < -0.39 is 0 Å². The van der Waals surface area contributed by atoms with Crippen LogP contribution in [0, 0.1) is 11.8 Å². The normalized spacial score (nSPS) is 23.8. The molecule has 108 valence electrons. The van der Waals surface area contributed by atoms with Gasteiger partial charge in [-0.2, -0.15) is 0 Å². The minimum atomic E-state index is -0.0503. The molecule has 0 spiro atoms. The summed E-state index contributed by atoms with van der Waals surface area (Å²) in [6, 6.07) is 0. The Kier molecular flexibility index (Phi) is 5.19. The molecule has 1 aliphatic heterocycles. The standard InChI is InChI=1S/C14H25N3O2/c15-6-7-16-14(19)12-5-2-8-17(10-12)13(18)9-11-3-1-4-11/h11-12H,1-10,15H2,(H,16,19). The average Bonchev–Trinajstić information content (AvgIpc) is 2.40. The van der Waals surface area contributed by atoms with Crippen molar-refractivity contribution in [2.75, 3.05) is 26.2 Å². The van der Waals surface area contributed by atoms with Crippen LogP contribution in [0.15, 0.2) is 0 Å². The molecule has 1 unspecified atom stereocenters. The van der Waals surface area contributed by atoms with Crippen LogP contribution in [-0.2, 0) is 9.59 Å². The van der Waals surface area contributed by atoms with Gasteiger partial charge in [0.25, 0.3) is 0 Å². The summed E-state index contributed by atoms with van der Waals surface area (Å²) in [6.45, 7) is 2.38. The molecule has 1 atom stereocenters. The van der Waals surface area contributed by atoms with Crippen molar-refractivity contribution in [2.45, 2.75) is 38.5 Å². The first kappa shape index (κ1) is 14.3. The van der Waals surface area contributed by atoms with Gasteiger partial charge >= 0.3 is 0 Å². The van der Waals surface area contributed by atoms with Gasteiger partial charge in [-0.3, -0.25) is 9.59 Å². The largest absolute Gasteiger partial charge is 0.355 e. The number of carbonyl (C=O) groups is 2. The number of hydrogen-bond acceptors (Lipinski definition) is 3. The van der Waals surface area contributed by atoms with Gasteiger partial charge in [0.05, 0.1) is 5.92 Å². The molecular weight excluding hydrogens is 242 g/mol. The third kappa shape index (κ3) is 3.93. The van der Waals surface area contributed by atoms with Crippen LogP contribution >= 0.6 is 0 Å². The van der Waals surface area contributed by atoms with Crippen molar-refractivity contribution in [1.29, 1.82) is 0 Å².